The second-order valence-electron chi connectivity index (χ2n) is 4.70. The number of halogens is 1. The van der Waals surface area contributed by atoms with Crippen LogP contribution >= 0.6 is 15.9 Å². The third kappa shape index (κ3) is 4.35. The van der Waals surface area contributed by atoms with Crippen LogP contribution in [0.5, 0.6) is 5.75 Å². The van der Waals surface area contributed by atoms with Gasteiger partial charge in [0.2, 0.25) is 5.91 Å². The van der Waals surface area contributed by atoms with Crippen LogP contribution in [0.25, 0.3) is 0 Å². The molecule has 1 aromatic rings. The van der Waals surface area contributed by atoms with E-state index in [1.54, 1.807) is 12.0 Å². The minimum atomic E-state index is -0.170. The third-order valence-corrected chi connectivity index (χ3v) is 3.77. The summed E-state index contributed by atoms with van der Waals surface area (Å²) in [5.74, 6) is 0.706. The van der Waals surface area contributed by atoms with Crippen LogP contribution in [0.2, 0.25) is 0 Å². The highest BCUT2D eigenvalue weighted by atomic mass is 79.9. The molecule has 1 aliphatic heterocycles. The van der Waals surface area contributed by atoms with Crippen LogP contribution in [0.1, 0.15) is 12.0 Å². The lowest BCUT2D eigenvalue weighted by Gasteiger charge is -2.20. The van der Waals surface area contributed by atoms with Crippen LogP contribution in [0.3, 0.4) is 0 Å². The van der Waals surface area contributed by atoms with E-state index in [4.69, 9.17) is 4.74 Å². The summed E-state index contributed by atoms with van der Waals surface area (Å²) in [6.45, 7) is 1.84. The normalized spacial score (nSPS) is 15.1. The molecule has 0 spiro atoms. The summed E-state index contributed by atoms with van der Waals surface area (Å²) in [6, 6.07) is 5.49. The molecule has 21 heavy (non-hydrogen) atoms. The van der Waals surface area contributed by atoms with Crippen molar-refractivity contribution in [1.29, 1.82) is 0 Å². The molecule has 3 amide bonds. The number of hydrogen-bond donors (Lipinski definition) is 2. The van der Waals surface area contributed by atoms with Crippen molar-refractivity contribution in [3.8, 4) is 5.75 Å². The predicted molar refractivity (Wildman–Crippen MR) is 82.1 cm³/mol. The number of amides is 3. The molecule has 0 radical (unpaired) electrons. The van der Waals surface area contributed by atoms with Crippen LogP contribution in [0.4, 0.5) is 4.79 Å². The largest absolute Gasteiger partial charge is 0.496 e. The van der Waals surface area contributed by atoms with Crippen molar-refractivity contribution in [2.45, 2.75) is 13.0 Å². The molecule has 0 bridgehead atoms. The van der Waals surface area contributed by atoms with Crippen LogP contribution in [-0.4, -0.2) is 43.6 Å². The van der Waals surface area contributed by atoms with E-state index in [1.165, 1.54) is 0 Å². The van der Waals surface area contributed by atoms with Crippen molar-refractivity contribution >= 4 is 27.9 Å². The highest BCUT2D eigenvalue weighted by Crippen LogP contribution is 2.23. The molecule has 1 heterocycles. The average Bonchev–Trinajstić information content (AvgIpc) is 2.70. The Bertz CT molecular complexity index is 536. The van der Waals surface area contributed by atoms with Gasteiger partial charge in [0, 0.05) is 42.6 Å². The van der Waals surface area contributed by atoms with Crippen LogP contribution in [0, 0.1) is 0 Å². The first-order valence-electron chi connectivity index (χ1n) is 6.72. The molecule has 1 aliphatic rings. The molecular weight excluding hydrogens is 338 g/mol. The third-order valence-electron chi connectivity index (χ3n) is 3.28. The standard InChI is InChI=1S/C14H18BrN3O3/c1-21-12-8-11(15)3-2-10(12)9-17-14(20)18-6-4-13(19)16-5-7-18/h2-3,8H,4-7,9H2,1H3,(H,16,19)(H,17,20). The van der Waals surface area contributed by atoms with Crippen LogP contribution in [-0.2, 0) is 11.3 Å². The molecule has 6 nitrogen and oxygen atoms in total. The predicted octanol–water partition coefficient (Wildman–Crippen LogP) is 1.49. The van der Waals surface area contributed by atoms with Crippen molar-refractivity contribution in [2.75, 3.05) is 26.7 Å². The Balaban J connectivity index is 1.93. The van der Waals surface area contributed by atoms with Gasteiger partial charge in [0.05, 0.1) is 7.11 Å². The Morgan fingerprint density at radius 2 is 2.29 bits per heavy atom. The molecule has 0 atom stereocenters. The van der Waals surface area contributed by atoms with E-state index >= 15 is 0 Å². The lowest BCUT2D eigenvalue weighted by atomic mass is 10.2. The van der Waals surface area contributed by atoms with Gasteiger partial charge < -0.3 is 20.3 Å². The van der Waals surface area contributed by atoms with E-state index < -0.39 is 0 Å². The maximum atomic E-state index is 12.1. The molecule has 0 saturated carbocycles. The van der Waals surface area contributed by atoms with Gasteiger partial charge in [-0.1, -0.05) is 22.0 Å². The van der Waals surface area contributed by atoms with Gasteiger partial charge in [0.1, 0.15) is 5.75 Å². The number of benzene rings is 1. The van der Waals surface area contributed by atoms with Gasteiger partial charge in [-0.15, -0.1) is 0 Å². The summed E-state index contributed by atoms with van der Waals surface area (Å²) < 4.78 is 6.21. The molecule has 2 N–H and O–H groups in total. The molecule has 2 rings (SSSR count). The second kappa shape index (κ2) is 7.31. The van der Waals surface area contributed by atoms with E-state index in [2.05, 4.69) is 26.6 Å². The van der Waals surface area contributed by atoms with Gasteiger partial charge in [-0.3, -0.25) is 4.79 Å². The van der Waals surface area contributed by atoms with E-state index in [0.29, 0.717) is 32.6 Å². The fraction of sp³-hybridized carbons (Fsp3) is 0.429. The number of methoxy groups -OCH3 is 1. The number of carbonyl (C=O) groups is 2. The SMILES string of the molecule is COc1cc(Br)ccc1CNC(=O)N1CCNC(=O)CC1. The lowest BCUT2D eigenvalue weighted by Crippen LogP contribution is -2.41. The highest BCUT2D eigenvalue weighted by molar-refractivity contribution is 9.10. The molecular formula is C14H18BrN3O3. The van der Waals surface area contributed by atoms with Crippen molar-refractivity contribution < 1.29 is 14.3 Å². The Morgan fingerprint density at radius 1 is 1.48 bits per heavy atom. The molecule has 1 fully saturated rings. The van der Waals surface area contributed by atoms with E-state index in [-0.39, 0.29) is 11.9 Å². The molecule has 114 valence electrons. The van der Waals surface area contributed by atoms with Gasteiger partial charge in [-0.25, -0.2) is 4.79 Å². The lowest BCUT2D eigenvalue weighted by molar-refractivity contribution is -0.120. The smallest absolute Gasteiger partial charge is 0.317 e. The number of hydrogen-bond acceptors (Lipinski definition) is 3. The summed E-state index contributed by atoms with van der Waals surface area (Å²) in [5, 5.41) is 5.60. The topological polar surface area (TPSA) is 70.7 Å². The van der Waals surface area contributed by atoms with E-state index in [0.717, 1.165) is 15.8 Å². The summed E-state index contributed by atoms with van der Waals surface area (Å²) in [5.41, 5.74) is 0.901. The highest BCUT2D eigenvalue weighted by Gasteiger charge is 2.18. The zero-order valence-electron chi connectivity index (χ0n) is 11.8. The van der Waals surface area contributed by atoms with Gasteiger partial charge >= 0.3 is 6.03 Å². The molecule has 0 aliphatic carbocycles. The number of nitrogens with zero attached hydrogens (tertiary/aromatic N) is 1. The number of rotatable bonds is 3. The van der Waals surface area contributed by atoms with E-state index in [1.807, 2.05) is 18.2 Å². The molecule has 0 unspecified atom stereocenters. The fourth-order valence-electron chi connectivity index (χ4n) is 2.12. The Morgan fingerprint density at radius 3 is 3.05 bits per heavy atom. The van der Waals surface area contributed by atoms with E-state index in [9.17, 15) is 9.59 Å². The van der Waals surface area contributed by atoms with Gasteiger partial charge in [-0.05, 0) is 12.1 Å². The van der Waals surface area contributed by atoms with Crippen molar-refractivity contribution in [3.05, 3.63) is 28.2 Å². The Hall–Kier alpha value is -1.76. The van der Waals surface area contributed by atoms with Gasteiger partial charge in [0.25, 0.3) is 0 Å². The first kappa shape index (κ1) is 15.6. The van der Waals surface area contributed by atoms with Gasteiger partial charge in [-0.2, -0.15) is 0 Å². The van der Waals surface area contributed by atoms with Crippen LogP contribution in [0.15, 0.2) is 22.7 Å². The number of urea groups is 1. The summed E-state index contributed by atoms with van der Waals surface area (Å²) in [6.07, 6.45) is 0.342. The molecule has 7 heteroatoms. The van der Waals surface area contributed by atoms with Crippen LogP contribution < -0.4 is 15.4 Å². The average molecular weight is 356 g/mol. The zero-order chi connectivity index (χ0) is 15.2. The maximum Gasteiger partial charge on any atom is 0.317 e. The van der Waals surface area contributed by atoms with Crippen molar-refractivity contribution in [1.82, 2.24) is 15.5 Å². The number of carbonyl (C=O) groups excluding carboxylic acids is 2. The molecule has 0 aromatic heterocycles. The Labute approximate surface area is 132 Å². The fourth-order valence-corrected chi connectivity index (χ4v) is 2.46. The summed E-state index contributed by atoms with van der Waals surface area (Å²) in [4.78, 5) is 25.0. The quantitative estimate of drug-likeness (QED) is 0.862. The maximum absolute atomic E-state index is 12.1. The number of ether oxygens (including phenoxy) is 1. The second-order valence-corrected chi connectivity index (χ2v) is 5.62. The molecule has 1 saturated heterocycles. The van der Waals surface area contributed by atoms with Crippen molar-refractivity contribution in [3.63, 3.8) is 0 Å². The molecule has 1 aromatic carbocycles. The Kier molecular flexibility index (Phi) is 5.44. The summed E-state index contributed by atoms with van der Waals surface area (Å²) >= 11 is 3.38. The first-order valence-corrected chi connectivity index (χ1v) is 7.51. The van der Waals surface area contributed by atoms with Crippen molar-refractivity contribution in [2.24, 2.45) is 0 Å². The number of nitrogens with one attached hydrogen (secondary N) is 2. The minimum absolute atomic E-state index is 0.0140. The minimum Gasteiger partial charge on any atom is -0.496 e. The first-order chi connectivity index (χ1) is 10.1. The zero-order valence-corrected chi connectivity index (χ0v) is 13.4. The van der Waals surface area contributed by atoms with Gasteiger partial charge in [0.15, 0.2) is 0 Å². The summed E-state index contributed by atoms with van der Waals surface area (Å²) in [7, 11) is 1.60. The monoisotopic (exact) mass is 355 g/mol.